The van der Waals surface area contributed by atoms with Crippen molar-refractivity contribution in [2.24, 2.45) is 5.73 Å². The maximum atomic E-state index is 12.4. The predicted molar refractivity (Wildman–Crippen MR) is 128 cm³/mol. The normalized spacial score (nSPS) is 21.4. The summed E-state index contributed by atoms with van der Waals surface area (Å²) in [4.78, 5) is 24.0. The van der Waals surface area contributed by atoms with Crippen LogP contribution in [-0.2, 0) is 22.4 Å². The zero-order chi connectivity index (χ0) is 22.6. The van der Waals surface area contributed by atoms with Crippen molar-refractivity contribution in [3.8, 4) is 0 Å². The Bertz CT molecular complexity index is 977. The third kappa shape index (κ3) is 5.36. The van der Waals surface area contributed by atoms with E-state index in [0.29, 0.717) is 5.92 Å². The molecule has 0 spiro atoms. The number of amides is 1. The molecule has 0 aromatic carbocycles. The summed E-state index contributed by atoms with van der Waals surface area (Å²) >= 11 is 0. The highest BCUT2D eigenvalue weighted by Gasteiger charge is 2.37. The average molecular weight is 450 g/mol. The van der Waals surface area contributed by atoms with Gasteiger partial charge in [-0.2, -0.15) is 0 Å². The second-order valence-corrected chi connectivity index (χ2v) is 9.63. The van der Waals surface area contributed by atoms with E-state index >= 15 is 0 Å². The quantitative estimate of drug-likeness (QED) is 0.541. The molecule has 2 fully saturated rings. The first-order valence-electron chi connectivity index (χ1n) is 12.5. The van der Waals surface area contributed by atoms with Gasteiger partial charge in [-0.3, -0.25) is 14.7 Å². The Hall–Kier alpha value is -2.51. The van der Waals surface area contributed by atoms with Crippen LogP contribution < -0.4 is 11.1 Å². The summed E-state index contributed by atoms with van der Waals surface area (Å²) in [6, 6.07) is 7.91. The molecule has 7 nitrogen and oxygen atoms in total. The van der Waals surface area contributed by atoms with Crippen LogP contribution >= 0.6 is 0 Å². The maximum absolute atomic E-state index is 12.4. The van der Waals surface area contributed by atoms with Gasteiger partial charge in [0.1, 0.15) is 11.9 Å². The van der Waals surface area contributed by atoms with E-state index in [1.165, 1.54) is 12.0 Å². The number of anilines is 1. The van der Waals surface area contributed by atoms with Crippen LogP contribution in [-0.4, -0.2) is 53.1 Å². The second-order valence-electron chi connectivity index (χ2n) is 9.63. The van der Waals surface area contributed by atoms with Crippen molar-refractivity contribution in [3.63, 3.8) is 0 Å². The molecule has 4 heterocycles. The van der Waals surface area contributed by atoms with Gasteiger partial charge in [0.15, 0.2) is 0 Å². The van der Waals surface area contributed by atoms with Crippen molar-refractivity contribution in [3.05, 3.63) is 53.0 Å². The Morgan fingerprint density at radius 3 is 3.00 bits per heavy atom. The molecule has 2 aromatic rings. The highest BCUT2D eigenvalue weighted by molar-refractivity contribution is 5.82. The van der Waals surface area contributed by atoms with E-state index in [1.54, 1.807) is 0 Å². The molecule has 2 aliphatic heterocycles. The average Bonchev–Trinajstić information content (AvgIpc) is 3.58. The lowest BCUT2D eigenvalue weighted by Gasteiger charge is -2.27. The Kier molecular flexibility index (Phi) is 6.88. The molecule has 3 N–H and O–H groups in total. The first-order valence-corrected chi connectivity index (χ1v) is 12.5. The number of primary amides is 1. The van der Waals surface area contributed by atoms with Crippen LogP contribution in [0.3, 0.4) is 0 Å². The summed E-state index contributed by atoms with van der Waals surface area (Å²) in [7, 11) is 0. The monoisotopic (exact) mass is 449 g/mol. The zero-order valence-corrected chi connectivity index (χ0v) is 19.3. The topological polar surface area (TPSA) is 93.4 Å². The molecular weight excluding hydrogens is 414 g/mol. The van der Waals surface area contributed by atoms with Gasteiger partial charge in [-0.25, -0.2) is 4.98 Å². The maximum Gasteiger partial charge on any atom is 0.239 e. The van der Waals surface area contributed by atoms with E-state index in [-0.39, 0.29) is 12.0 Å². The number of hydrogen-bond acceptors (Lipinski definition) is 6. The number of aryl methyl sites for hydroxylation is 2. The van der Waals surface area contributed by atoms with Gasteiger partial charge in [-0.1, -0.05) is 12.1 Å². The number of aromatic nitrogens is 2. The summed E-state index contributed by atoms with van der Waals surface area (Å²) < 4.78 is 6.18. The molecule has 5 rings (SSSR count). The molecule has 2 aromatic heterocycles. The SMILES string of the molecule is NC(=O)C(c1cccnc1C1CC1)N1CCC(OCCCCc2ccc3c(n2)NCCC3)C1. The van der Waals surface area contributed by atoms with Gasteiger partial charge in [-0.05, 0) is 69.1 Å². The molecule has 0 bridgehead atoms. The zero-order valence-electron chi connectivity index (χ0n) is 19.3. The lowest BCUT2D eigenvalue weighted by molar-refractivity contribution is -0.123. The van der Waals surface area contributed by atoms with Gasteiger partial charge in [0.25, 0.3) is 0 Å². The van der Waals surface area contributed by atoms with E-state index in [9.17, 15) is 4.79 Å². The van der Waals surface area contributed by atoms with Crippen LogP contribution in [0.1, 0.15) is 73.0 Å². The minimum atomic E-state index is -0.411. The fourth-order valence-electron chi connectivity index (χ4n) is 5.18. The molecule has 2 atom stereocenters. The molecule has 1 amide bonds. The highest BCUT2D eigenvalue weighted by atomic mass is 16.5. The molecule has 33 heavy (non-hydrogen) atoms. The van der Waals surface area contributed by atoms with Gasteiger partial charge >= 0.3 is 0 Å². The Morgan fingerprint density at radius 1 is 1.24 bits per heavy atom. The van der Waals surface area contributed by atoms with Gasteiger partial charge < -0.3 is 15.8 Å². The van der Waals surface area contributed by atoms with E-state index in [0.717, 1.165) is 94.0 Å². The number of nitrogens with zero attached hydrogens (tertiary/aromatic N) is 3. The molecule has 1 saturated carbocycles. The number of unbranched alkanes of at least 4 members (excludes halogenated alkanes) is 1. The number of likely N-dealkylation sites (tertiary alicyclic amines) is 1. The molecule has 3 aliphatic rings. The summed E-state index contributed by atoms with van der Waals surface area (Å²) in [5.41, 5.74) is 10.4. The van der Waals surface area contributed by atoms with Crippen LogP contribution in [0.25, 0.3) is 0 Å². The van der Waals surface area contributed by atoms with Crippen LogP contribution in [0.5, 0.6) is 0 Å². The number of carbonyl (C=O) groups is 1. The third-order valence-electron chi connectivity index (χ3n) is 7.07. The van der Waals surface area contributed by atoms with E-state index in [1.807, 2.05) is 18.3 Å². The van der Waals surface area contributed by atoms with Gasteiger partial charge in [0.2, 0.25) is 5.91 Å². The van der Waals surface area contributed by atoms with Gasteiger partial charge in [0.05, 0.1) is 6.10 Å². The summed E-state index contributed by atoms with van der Waals surface area (Å²) in [5, 5.41) is 3.41. The van der Waals surface area contributed by atoms with Crippen LogP contribution in [0, 0.1) is 0 Å². The molecule has 0 radical (unpaired) electrons. The second kappa shape index (κ2) is 10.2. The number of ether oxygens (including phenoxy) is 1. The van der Waals surface area contributed by atoms with E-state index in [2.05, 4.69) is 27.3 Å². The summed E-state index contributed by atoms with van der Waals surface area (Å²) in [6.45, 7) is 3.33. The Morgan fingerprint density at radius 2 is 2.15 bits per heavy atom. The van der Waals surface area contributed by atoms with Crippen molar-refractivity contribution in [1.29, 1.82) is 0 Å². The number of nitrogens with one attached hydrogen (secondary N) is 1. The summed E-state index contributed by atoms with van der Waals surface area (Å²) in [6.07, 6.45) is 10.6. The van der Waals surface area contributed by atoms with Crippen molar-refractivity contribution in [2.45, 2.75) is 69.4 Å². The van der Waals surface area contributed by atoms with Crippen LogP contribution in [0.2, 0.25) is 0 Å². The lowest BCUT2D eigenvalue weighted by Crippen LogP contribution is -2.38. The predicted octanol–water partition coefficient (Wildman–Crippen LogP) is 3.35. The van der Waals surface area contributed by atoms with Crippen molar-refractivity contribution in [2.75, 3.05) is 31.6 Å². The smallest absolute Gasteiger partial charge is 0.239 e. The third-order valence-corrected chi connectivity index (χ3v) is 7.07. The fourth-order valence-corrected chi connectivity index (χ4v) is 5.18. The van der Waals surface area contributed by atoms with Crippen LogP contribution in [0.15, 0.2) is 30.5 Å². The molecule has 1 aliphatic carbocycles. The van der Waals surface area contributed by atoms with Crippen molar-refractivity contribution in [1.82, 2.24) is 14.9 Å². The first kappa shape index (κ1) is 22.3. The minimum Gasteiger partial charge on any atom is -0.377 e. The Labute approximate surface area is 196 Å². The number of hydrogen-bond donors (Lipinski definition) is 2. The van der Waals surface area contributed by atoms with Crippen molar-refractivity contribution < 1.29 is 9.53 Å². The standard InChI is InChI=1S/C26H35N5O2/c27-25(32)24(22-7-4-13-28-23(22)18-8-9-18)31-15-12-21(17-31)33-16-2-1-6-20-11-10-19-5-3-14-29-26(19)30-20/h4,7,10-11,13,18,21,24H,1-3,5-6,8-9,12,14-17H2,(H2,27,32)(H,29,30). The largest absolute Gasteiger partial charge is 0.377 e. The van der Waals surface area contributed by atoms with E-state index in [4.69, 9.17) is 15.5 Å². The molecular formula is C26H35N5O2. The number of pyridine rings is 2. The lowest BCUT2D eigenvalue weighted by atomic mass is 10.0. The van der Waals surface area contributed by atoms with Crippen molar-refractivity contribution >= 4 is 11.7 Å². The Balaban J connectivity index is 1.08. The highest BCUT2D eigenvalue weighted by Crippen LogP contribution is 2.43. The minimum absolute atomic E-state index is 0.152. The van der Waals surface area contributed by atoms with Gasteiger partial charge in [0, 0.05) is 55.3 Å². The number of rotatable bonds is 10. The fraction of sp³-hybridized carbons (Fsp3) is 0.577. The number of nitrogens with two attached hydrogens (primary N) is 1. The van der Waals surface area contributed by atoms with Gasteiger partial charge in [-0.15, -0.1) is 0 Å². The molecule has 7 heteroatoms. The van der Waals surface area contributed by atoms with E-state index < -0.39 is 6.04 Å². The first-order chi connectivity index (χ1) is 16.2. The number of fused-ring (bicyclic) bond motifs is 1. The molecule has 176 valence electrons. The summed E-state index contributed by atoms with van der Waals surface area (Å²) in [5.74, 6) is 1.26. The molecule has 1 saturated heterocycles. The number of carbonyl (C=O) groups excluding carboxylic acids is 1. The van der Waals surface area contributed by atoms with Crippen LogP contribution in [0.4, 0.5) is 5.82 Å². The molecule has 2 unspecified atom stereocenters.